The first-order valence-electron chi connectivity index (χ1n) is 3.04. The molecule has 8 heteroatoms. The molecule has 5 N–H and O–H groups in total. The molecular formula is C4H11O7P. The van der Waals surface area contributed by atoms with E-state index >= 15 is 0 Å². The molecule has 0 amide bonds. The van der Waals surface area contributed by atoms with Crippen molar-refractivity contribution in [1.29, 1.82) is 0 Å². The highest BCUT2D eigenvalue weighted by atomic mass is 31.2. The van der Waals surface area contributed by atoms with Crippen LogP contribution in [0.25, 0.3) is 0 Å². The second-order valence-electron chi connectivity index (χ2n) is 2.10. The Balaban J connectivity index is 3.71. The van der Waals surface area contributed by atoms with E-state index in [0.717, 1.165) is 0 Å². The highest BCUT2D eigenvalue weighted by Gasteiger charge is 2.21. The average Bonchev–Trinajstić information content (AvgIpc) is 1.97. The lowest BCUT2D eigenvalue weighted by Gasteiger charge is -2.15. The van der Waals surface area contributed by atoms with E-state index in [2.05, 4.69) is 4.52 Å². The van der Waals surface area contributed by atoms with Crippen LogP contribution in [0, 0.1) is 0 Å². The second-order valence-corrected chi connectivity index (χ2v) is 3.34. The Kier molecular flexibility index (Phi) is 4.88. The summed E-state index contributed by atoms with van der Waals surface area (Å²) in [7, 11) is -4.62. The zero-order valence-electron chi connectivity index (χ0n) is 6.07. The van der Waals surface area contributed by atoms with E-state index in [-0.39, 0.29) is 0 Å². The molecule has 0 aliphatic carbocycles. The Labute approximate surface area is 68.5 Å². The van der Waals surface area contributed by atoms with E-state index in [4.69, 9.17) is 25.1 Å². The fraction of sp³-hybridized carbons (Fsp3) is 1.00. The van der Waals surface area contributed by atoms with Gasteiger partial charge in [-0.25, -0.2) is 4.57 Å². The summed E-state index contributed by atoms with van der Waals surface area (Å²) >= 11 is 0. The molecule has 74 valence electrons. The van der Waals surface area contributed by atoms with E-state index in [1.165, 1.54) is 0 Å². The molecular weight excluding hydrogens is 191 g/mol. The molecule has 0 bridgehead atoms. The first-order chi connectivity index (χ1) is 5.37. The van der Waals surface area contributed by atoms with Crippen molar-refractivity contribution in [2.75, 3.05) is 13.2 Å². The van der Waals surface area contributed by atoms with Crippen molar-refractivity contribution in [3.63, 3.8) is 0 Å². The van der Waals surface area contributed by atoms with Crippen molar-refractivity contribution in [1.82, 2.24) is 0 Å². The minimum atomic E-state index is -4.62. The van der Waals surface area contributed by atoms with E-state index in [0.29, 0.717) is 0 Å². The summed E-state index contributed by atoms with van der Waals surface area (Å²) in [6.45, 7) is -1.43. The fourth-order valence-corrected chi connectivity index (χ4v) is 0.753. The van der Waals surface area contributed by atoms with Crippen molar-refractivity contribution >= 4 is 7.82 Å². The Bertz CT molecular complexity index is 165. The van der Waals surface area contributed by atoms with Gasteiger partial charge in [0.05, 0.1) is 13.2 Å². The van der Waals surface area contributed by atoms with Crippen LogP contribution < -0.4 is 0 Å². The molecule has 0 aliphatic heterocycles. The van der Waals surface area contributed by atoms with Gasteiger partial charge in [0.25, 0.3) is 0 Å². The molecule has 0 saturated carbocycles. The standard InChI is InChI=1S/C4H11O7P/c5-1-3(6)4(7)2-11-12(8,9)10/h3-7H,1-2H2,(H2,8,9,10)/t3-,4+/m1/s1. The summed E-state index contributed by atoms with van der Waals surface area (Å²) in [4.78, 5) is 16.3. The Morgan fingerprint density at radius 3 is 2.08 bits per heavy atom. The van der Waals surface area contributed by atoms with Crippen LogP contribution in [-0.4, -0.2) is 50.5 Å². The Hall–Kier alpha value is -0.0100. The SMILES string of the molecule is O=P(O)(O)OC[C@H](O)[C@H](O)CO. The topological polar surface area (TPSA) is 127 Å². The first-order valence-corrected chi connectivity index (χ1v) is 4.57. The molecule has 12 heavy (non-hydrogen) atoms. The zero-order valence-corrected chi connectivity index (χ0v) is 6.96. The Morgan fingerprint density at radius 2 is 1.75 bits per heavy atom. The highest BCUT2D eigenvalue weighted by molar-refractivity contribution is 7.46. The van der Waals surface area contributed by atoms with Crippen molar-refractivity contribution in [3.05, 3.63) is 0 Å². The van der Waals surface area contributed by atoms with Crippen LogP contribution in [0.4, 0.5) is 0 Å². The van der Waals surface area contributed by atoms with Crippen LogP contribution in [0.1, 0.15) is 0 Å². The van der Waals surface area contributed by atoms with Crippen LogP contribution in [-0.2, 0) is 9.09 Å². The lowest BCUT2D eigenvalue weighted by Crippen LogP contribution is -2.32. The average molecular weight is 202 g/mol. The largest absolute Gasteiger partial charge is 0.469 e. The lowest BCUT2D eigenvalue weighted by molar-refractivity contribution is -0.0381. The summed E-state index contributed by atoms with van der Waals surface area (Å²) < 4.78 is 13.9. The van der Waals surface area contributed by atoms with Crippen molar-refractivity contribution in [2.24, 2.45) is 0 Å². The number of aliphatic hydroxyl groups is 3. The number of phosphoric ester groups is 1. The number of rotatable bonds is 5. The van der Waals surface area contributed by atoms with Crippen molar-refractivity contribution in [2.45, 2.75) is 12.2 Å². The van der Waals surface area contributed by atoms with Gasteiger partial charge in [-0.15, -0.1) is 0 Å². The first kappa shape index (κ1) is 12.0. The molecule has 7 nitrogen and oxygen atoms in total. The lowest BCUT2D eigenvalue weighted by atomic mass is 10.2. The minimum absolute atomic E-state index is 0.703. The summed E-state index contributed by atoms with van der Waals surface area (Å²) in [6, 6.07) is 0. The van der Waals surface area contributed by atoms with Gasteiger partial charge in [0.15, 0.2) is 0 Å². The van der Waals surface area contributed by atoms with Gasteiger partial charge in [-0.05, 0) is 0 Å². The zero-order chi connectivity index (χ0) is 9.78. The third-order valence-electron chi connectivity index (χ3n) is 1.04. The number of hydrogen-bond donors (Lipinski definition) is 5. The molecule has 0 aromatic heterocycles. The van der Waals surface area contributed by atoms with Gasteiger partial charge in [0, 0.05) is 0 Å². The molecule has 0 radical (unpaired) electrons. The molecule has 0 aliphatic rings. The van der Waals surface area contributed by atoms with Crippen LogP contribution in [0.15, 0.2) is 0 Å². The Morgan fingerprint density at radius 1 is 1.25 bits per heavy atom. The number of hydrogen-bond acceptors (Lipinski definition) is 5. The van der Waals surface area contributed by atoms with Crippen LogP contribution in [0.3, 0.4) is 0 Å². The summed E-state index contributed by atoms with van der Waals surface area (Å²) in [5.41, 5.74) is 0. The van der Waals surface area contributed by atoms with E-state index in [1.807, 2.05) is 0 Å². The molecule has 0 fully saturated rings. The van der Waals surface area contributed by atoms with Crippen LogP contribution >= 0.6 is 7.82 Å². The van der Waals surface area contributed by atoms with Crippen molar-refractivity contribution < 1.29 is 34.2 Å². The van der Waals surface area contributed by atoms with Crippen LogP contribution in [0.5, 0.6) is 0 Å². The second kappa shape index (κ2) is 4.88. The third kappa shape index (κ3) is 5.62. The van der Waals surface area contributed by atoms with Gasteiger partial charge in [-0.2, -0.15) is 0 Å². The van der Waals surface area contributed by atoms with Crippen LogP contribution in [0.2, 0.25) is 0 Å². The maximum atomic E-state index is 10.1. The van der Waals surface area contributed by atoms with Gasteiger partial charge in [-0.3, -0.25) is 4.52 Å². The monoisotopic (exact) mass is 202 g/mol. The van der Waals surface area contributed by atoms with Gasteiger partial charge in [0.1, 0.15) is 12.2 Å². The molecule has 0 aromatic rings. The summed E-state index contributed by atoms with van der Waals surface area (Å²) in [6.07, 6.45) is -2.97. The van der Waals surface area contributed by atoms with Crippen molar-refractivity contribution in [3.8, 4) is 0 Å². The maximum absolute atomic E-state index is 10.1. The van der Waals surface area contributed by atoms with E-state index < -0.39 is 33.2 Å². The molecule has 0 aromatic carbocycles. The summed E-state index contributed by atoms with van der Waals surface area (Å²) in [5.74, 6) is 0. The molecule has 0 heterocycles. The third-order valence-corrected chi connectivity index (χ3v) is 1.53. The number of aliphatic hydroxyl groups excluding tert-OH is 3. The molecule has 0 unspecified atom stereocenters. The highest BCUT2D eigenvalue weighted by Crippen LogP contribution is 2.35. The molecule has 0 rings (SSSR count). The molecule has 2 atom stereocenters. The van der Waals surface area contributed by atoms with Gasteiger partial charge in [0.2, 0.25) is 0 Å². The predicted octanol–water partition coefficient (Wildman–Crippen LogP) is -2.19. The minimum Gasteiger partial charge on any atom is -0.394 e. The fourth-order valence-electron chi connectivity index (χ4n) is 0.406. The predicted molar refractivity (Wildman–Crippen MR) is 37.1 cm³/mol. The quantitative estimate of drug-likeness (QED) is 0.320. The normalized spacial score (nSPS) is 17.4. The van der Waals surface area contributed by atoms with Gasteiger partial charge in [-0.1, -0.05) is 0 Å². The maximum Gasteiger partial charge on any atom is 0.469 e. The van der Waals surface area contributed by atoms with Gasteiger partial charge < -0.3 is 25.1 Å². The molecule has 0 saturated heterocycles. The number of phosphoric acid groups is 1. The van der Waals surface area contributed by atoms with E-state index in [1.54, 1.807) is 0 Å². The summed E-state index contributed by atoms with van der Waals surface area (Å²) in [5, 5.41) is 25.8. The van der Waals surface area contributed by atoms with Gasteiger partial charge >= 0.3 is 7.82 Å². The molecule has 0 spiro atoms. The smallest absolute Gasteiger partial charge is 0.394 e. The van der Waals surface area contributed by atoms with E-state index in [9.17, 15) is 4.57 Å².